The third-order valence-electron chi connectivity index (χ3n) is 11.2. The van der Waals surface area contributed by atoms with E-state index in [9.17, 15) is 58.5 Å². The number of hydrogen-bond acceptors (Lipinski definition) is 11. The molecule has 1 aromatic rings. The Morgan fingerprint density at radius 1 is 0.855 bits per heavy atom. The van der Waals surface area contributed by atoms with Crippen LogP contribution in [0.25, 0.3) is 0 Å². The number of rotatable bonds is 14. The molecule has 1 heterocycles. The molecule has 9 atom stereocenters. The number of nitrogens with two attached hydrogens (primary N) is 2. The largest absolute Gasteiger partial charge is 0.480 e. The molecule has 1 aliphatic heterocycles. The standard InChI is InChI=1S/C47H70N10O12/c1-25(2)21-35-44(65)56-36(46(68)69)24-38(59)52-33(15-12-20-50-47(48)49)43(64)53-32(17-16-26(3)22-27(4)37(58)23-31-13-10-9-11-14-31)28(5)40(61)54-34(45(66)67)18-19-39(60)57(8)30(7)42(63)51-29(6)41(62)55-35/h9-11,13-14,16-17,22,25,27-29,32-37,58H,7,12,15,18-21,23-24H2,1-6,8H3,(H,51,63)(H,52,59)(H,53,64)(H,54,61)(H,55,62)(H,56,65)(H,66,67)(H,68,69)(H4,48,49,50)/b17-16+,26-22+/t27-,28-,29+,32-,33-,34+,35-,36+,37-/m0/s1. The zero-order valence-corrected chi connectivity index (χ0v) is 40.3. The van der Waals surface area contributed by atoms with Crippen molar-refractivity contribution >= 4 is 59.2 Å². The summed E-state index contributed by atoms with van der Waals surface area (Å²) < 4.78 is 0. The van der Waals surface area contributed by atoms with E-state index in [1.54, 1.807) is 32.9 Å². The van der Waals surface area contributed by atoms with Gasteiger partial charge in [0.1, 0.15) is 35.9 Å². The number of aliphatic hydroxyl groups is 1. The summed E-state index contributed by atoms with van der Waals surface area (Å²) in [6, 6.07) is 0.602. The van der Waals surface area contributed by atoms with Crippen LogP contribution in [0, 0.1) is 17.8 Å². The lowest BCUT2D eigenvalue weighted by Crippen LogP contribution is -2.57. The molecule has 1 saturated heterocycles. The second kappa shape index (κ2) is 28.3. The van der Waals surface area contributed by atoms with Gasteiger partial charge >= 0.3 is 11.9 Å². The van der Waals surface area contributed by atoms with Crippen molar-refractivity contribution in [2.24, 2.45) is 34.2 Å². The van der Waals surface area contributed by atoms with Crippen molar-refractivity contribution in [3.63, 3.8) is 0 Å². The van der Waals surface area contributed by atoms with E-state index in [-0.39, 0.29) is 43.6 Å². The van der Waals surface area contributed by atoms with Gasteiger partial charge in [-0.3, -0.25) is 38.6 Å². The van der Waals surface area contributed by atoms with E-state index < -0.39 is 127 Å². The molecule has 0 unspecified atom stereocenters. The zero-order chi connectivity index (χ0) is 52.1. The van der Waals surface area contributed by atoms with Gasteiger partial charge in [-0.05, 0) is 57.4 Å². The number of carboxylic acid groups (broad SMARTS) is 2. The van der Waals surface area contributed by atoms with Crippen molar-refractivity contribution in [1.82, 2.24) is 36.8 Å². The van der Waals surface area contributed by atoms with Crippen LogP contribution in [-0.2, 0) is 49.6 Å². The van der Waals surface area contributed by atoms with Crippen molar-refractivity contribution in [3.8, 4) is 0 Å². The fraction of sp³-hybridized carbons (Fsp3) is 0.532. The van der Waals surface area contributed by atoms with Crippen molar-refractivity contribution in [1.29, 1.82) is 0 Å². The van der Waals surface area contributed by atoms with Crippen LogP contribution >= 0.6 is 0 Å². The van der Waals surface area contributed by atoms with E-state index in [1.807, 2.05) is 37.3 Å². The molecular weight excluding hydrogens is 897 g/mol. The fourth-order valence-corrected chi connectivity index (χ4v) is 6.97. The first-order valence-electron chi connectivity index (χ1n) is 22.7. The lowest BCUT2D eigenvalue weighted by Gasteiger charge is -2.27. The molecule has 1 aliphatic rings. The maximum atomic E-state index is 14.2. The summed E-state index contributed by atoms with van der Waals surface area (Å²) in [7, 11) is 1.20. The van der Waals surface area contributed by atoms with Crippen LogP contribution in [0.3, 0.4) is 0 Å². The highest BCUT2D eigenvalue weighted by atomic mass is 16.4. The van der Waals surface area contributed by atoms with Crippen LogP contribution in [0.2, 0.25) is 0 Å². The first-order chi connectivity index (χ1) is 32.3. The molecule has 7 amide bonds. The van der Waals surface area contributed by atoms with E-state index in [1.165, 1.54) is 27.0 Å². The zero-order valence-electron chi connectivity index (χ0n) is 40.3. The summed E-state index contributed by atoms with van der Waals surface area (Å²) in [5, 5.41) is 46.0. The Morgan fingerprint density at radius 3 is 2.06 bits per heavy atom. The predicted molar refractivity (Wildman–Crippen MR) is 255 cm³/mol. The van der Waals surface area contributed by atoms with E-state index in [0.29, 0.717) is 12.0 Å². The molecule has 0 aromatic heterocycles. The summed E-state index contributed by atoms with van der Waals surface area (Å²) in [6.07, 6.45) is 2.65. The number of nitrogens with zero attached hydrogens (tertiary/aromatic N) is 2. The van der Waals surface area contributed by atoms with Crippen molar-refractivity contribution in [2.45, 2.75) is 129 Å². The Bertz CT molecular complexity index is 2110. The van der Waals surface area contributed by atoms with Crippen molar-refractivity contribution < 1.29 is 58.5 Å². The quantitative estimate of drug-likeness (QED) is 0.0376. The molecule has 22 nitrogen and oxygen atoms in total. The fourth-order valence-electron chi connectivity index (χ4n) is 6.97. The van der Waals surface area contributed by atoms with Gasteiger partial charge in [0.05, 0.1) is 24.5 Å². The second-order valence-corrected chi connectivity index (χ2v) is 17.6. The number of hydrogen-bond donors (Lipinski definition) is 11. The number of guanidine groups is 1. The average molecular weight is 967 g/mol. The molecule has 0 saturated carbocycles. The molecule has 0 bridgehead atoms. The minimum Gasteiger partial charge on any atom is -0.480 e. The maximum Gasteiger partial charge on any atom is 0.326 e. The number of allylic oxidation sites excluding steroid dienone is 2. The highest BCUT2D eigenvalue weighted by Crippen LogP contribution is 2.17. The Labute approximate surface area is 402 Å². The minimum absolute atomic E-state index is 0.00600. The van der Waals surface area contributed by atoms with Gasteiger partial charge in [-0.15, -0.1) is 0 Å². The van der Waals surface area contributed by atoms with Crippen LogP contribution in [0.5, 0.6) is 0 Å². The molecule has 0 aliphatic carbocycles. The van der Waals surface area contributed by atoms with Gasteiger partial charge in [0.2, 0.25) is 35.4 Å². The van der Waals surface area contributed by atoms with E-state index in [4.69, 9.17) is 11.5 Å². The molecular formula is C47H70N10O12. The monoisotopic (exact) mass is 967 g/mol. The van der Waals surface area contributed by atoms with Crippen LogP contribution in [-0.4, -0.2) is 135 Å². The minimum atomic E-state index is -1.86. The topological polar surface area (TPSA) is 354 Å². The van der Waals surface area contributed by atoms with Crippen LogP contribution < -0.4 is 43.4 Å². The molecule has 0 spiro atoms. The maximum absolute atomic E-state index is 14.2. The molecule has 0 radical (unpaired) electrons. The number of benzene rings is 1. The molecule has 380 valence electrons. The Kier molecular flexibility index (Phi) is 23.8. The van der Waals surface area contributed by atoms with Crippen LogP contribution in [0.15, 0.2) is 71.4 Å². The number of nitrogens with one attached hydrogen (secondary N) is 6. The lowest BCUT2D eigenvalue weighted by molar-refractivity contribution is -0.144. The smallest absolute Gasteiger partial charge is 0.326 e. The van der Waals surface area contributed by atoms with E-state index in [0.717, 1.165) is 10.5 Å². The summed E-state index contributed by atoms with van der Waals surface area (Å²) >= 11 is 0. The van der Waals surface area contributed by atoms with E-state index >= 15 is 0 Å². The second-order valence-electron chi connectivity index (χ2n) is 17.6. The number of carbonyl (C=O) groups excluding carboxylic acids is 7. The molecule has 1 aromatic carbocycles. The number of aliphatic hydroxyl groups excluding tert-OH is 1. The van der Waals surface area contributed by atoms with Gasteiger partial charge in [-0.2, -0.15) is 0 Å². The first-order valence-corrected chi connectivity index (χ1v) is 22.7. The van der Waals surface area contributed by atoms with Crippen LogP contribution in [0.4, 0.5) is 0 Å². The lowest BCUT2D eigenvalue weighted by atomic mass is 9.94. The normalized spacial score (nSPS) is 24.6. The third kappa shape index (κ3) is 20.3. The summed E-state index contributed by atoms with van der Waals surface area (Å²) in [4.78, 5) is 125. The summed E-state index contributed by atoms with van der Waals surface area (Å²) in [5.74, 6) is -11.4. The highest BCUT2D eigenvalue weighted by Gasteiger charge is 2.34. The predicted octanol–water partition coefficient (Wildman–Crippen LogP) is -0.282. The Hall–Kier alpha value is -7.10. The summed E-state index contributed by atoms with van der Waals surface area (Å²) in [5.41, 5.74) is 12.1. The Morgan fingerprint density at radius 2 is 1.46 bits per heavy atom. The number of carboxylic acids is 2. The highest BCUT2D eigenvalue weighted by molar-refractivity contribution is 6.00. The summed E-state index contributed by atoms with van der Waals surface area (Å²) in [6.45, 7) is 13.3. The van der Waals surface area contributed by atoms with Crippen LogP contribution in [0.1, 0.15) is 85.6 Å². The SMILES string of the molecule is C=C1C(=O)N[C@H](C)C(=O)N[C@@H](CC(C)C)C(=O)N[C@@H](C(=O)O)CC(=O)N[C@@H](CCCN=C(N)N)C(=O)N[C@@H](/C=C/C(C)=C/[C@H](C)[C@@H](O)Cc2ccccc2)[C@H](C)C(=O)N[C@@H](C(=O)O)CCC(=O)N1C. The molecule has 22 heteroatoms. The first kappa shape index (κ1) is 58.0. The molecule has 69 heavy (non-hydrogen) atoms. The van der Waals surface area contributed by atoms with Gasteiger partial charge in [0, 0.05) is 25.9 Å². The molecule has 13 N–H and O–H groups in total. The van der Waals surface area contributed by atoms with Gasteiger partial charge in [-0.1, -0.05) is 88.4 Å². The number of amides is 7. The van der Waals surface area contributed by atoms with Gasteiger partial charge < -0.3 is 63.6 Å². The van der Waals surface area contributed by atoms with Crippen molar-refractivity contribution in [2.75, 3.05) is 13.6 Å². The number of aliphatic carboxylic acids is 2. The number of carbonyl (C=O) groups is 9. The van der Waals surface area contributed by atoms with Gasteiger partial charge in [0.25, 0.3) is 5.91 Å². The van der Waals surface area contributed by atoms with Crippen molar-refractivity contribution in [3.05, 3.63) is 72.0 Å². The number of aliphatic imine (C=N–C) groups is 1. The molecule has 2 rings (SSSR count). The average Bonchev–Trinajstić information content (AvgIpc) is 3.27. The Balaban J connectivity index is 2.67. The van der Waals surface area contributed by atoms with Gasteiger partial charge in [0.15, 0.2) is 5.96 Å². The molecule has 1 fully saturated rings. The number of likely N-dealkylation sites (N-methyl/N-ethyl adjacent to an activating group) is 1. The van der Waals surface area contributed by atoms with Gasteiger partial charge in [-0.25, -0.2) is 9.59 Å². The van der Waals surface area contributed by atoms with E-state index in [2.05, 4.69) is 43.5 Å². The third-order valence-corrected chi connectivity index (χ3v) is 11.2.